The van der Waals surface area contributed by atoms with Crippen LogP contribution in [0.4, 0.5) is 5.69 Å². The molecule has 0 saturated carbocycles. The van der Waals surface area contributed by atoms with Crippen molar-refractivity contribution in [2.45, 2.75) is 6.92 Å². The normalized spacial score (nSPS) is 10.5. The van der Waals surface area contributed by atoms with E-state index in [1.165, 1.54) is 6.26 Å². The number of aromatic nitrogens is 1. The minimum absolute atomic E-state index is 0.0371. The maximum Gasteiger partial charge on any atom is 0.262 e. The standard InChI is InChI=1S/C24H20N2O6/c1-2-29-19-5-3-4-6-20(19)32-22-14-31-21-13-17(7-8-18(21)24(22)28)30-15-23(27)26-16-9-11-25-12-10-16/h3-14H,2,15H2,1H3,(H,25,26,27). The van der Waals surface area contributed by atoms with Crippen LogP contribution < -0.4 is 25.0 Å². The lowest BCUT2D eigenvalue weighted by atomic mass is 10.2. The van der Waals surface area contributed by atoms with E-state index in [2.05, 4.69) is 10.3 Å². The Bertz CT molecular complexity index is 1290. The monoisotopic (exact) mass is 432 g/mol. The maximum atomic E-state index is 12.8. The van der Waals surface area contributed by atoms with Gasteiger partial charge in [0.05, 0.1) is 12.0 Å². The van der Waals surface area contributed by atoms with Crippen LogP contribution in [0.5, 0.6) is 23.0 Å². The predicted molar refractivity (Wildman–Crippen MR) is 119 cm³/mol. The SMILES string of the molecule is CCOc1ccccc1Oc1coc2cc(OCC(=O)Nc3ccncc3)ccc2c1=O. The highest BCUT2D eigenvalue weighted by molar-refractivity contribution is 5.91. The molecule has 162 valence electrons. The number of carbonyl (C=O) groups is 1. The molecule has 0 atom stereocenters. The van der Waals surface area contributed by atoms with Gasteiger partial charge in [-0.2, -0.15) is 0 Å². The fourth-order valence-electron chi connectivity index (χ4n) is 2.96. The Morgan fingerprint density at radius 2 is 1.78 bits per heavy atom. The Morgan fingerprint density at radius 1 is 1.00 bits per heavy atom. The molecule has 0 aliphatic rings. The van der Waals surface area contributed by atoms with Crippen LogP contribution in [0.1, 0.15) is 6.92 Å². The van der Waals surface area contributed by atoms with Crippen LogP contribution in [0.15, 0.2) is 82.5 Å². The Kier molecular flexibility index (Phi) is 6.31. The molecule has 0 aliphatic heterocycles. The molecule has 0 unspecified atom stereocenters. The van der Waals surface area contributed by atoms with E-state index in [1.54, 1.807) is 60.9 Å². The zero-order valence-corrected chi connectivity index (χ0v) is 17.2. The Hall–Kier alpha value is -4.33. The van der Waals surface area contributed by atoms with Gasteiger partial charge >= 0.3 is 0 Å². The van der Waals surface area contributed by atoms with Crippen LogP contribution in [0, 0.1) is 0 Å². The van der Waals surface area contributed by atoms with E-state index >= 15 is 0 Å². The highest BCUT2D eigenvalue weighted by atomic mass is 16.5. The molecule has 0 saturated heterocycles. The molecule has 4 aromatic rings. The zero-order chi connectivity index (χ0) is 22.3. The first-order valence-corrected chi connectivity index (χ1v) is 9.92. The number of hydrogen-bond donors (Lipinski definition) is 1. The molecule has 2 aromatic carbocycles. The molecule has 0 radical (unpaired) electrons. The first-order valence-electron chi connectivity index (χ1n) is 9.92. The lowest BCUT2D eigenvalue weighted by molar-refractivity contribution is -0.118. The van der Waals surface area contributed by atoms with Gasteiger partial charge in [0, 0.05) is 24.1 Å². The van der Waals surface area contributed by atoms with Crippen LogP contribution in [-0.4, -0.2) is 24.1 Å². The van der Waals surface area contributed by atoms with Crippen molar-refractivity contribution >= 4 is 22.6 Å². The number of para-hydroxylation sites is 2. The van der Waals surface area contributed by atoms with E-state index in [0.29, 0.717) is 40.5 Å². The van der Waals surface area contributed by atoms with Crippen molar-refractivity contribution in [1.29, 1.82) is 0 Å². The largest absolute Gasteiger partial charge is 0.490 e. The Morgan fingerprint density at radius 3 is 2.56 bits per heavy atom. The van der Waals surface area contributed by atoms with Crippen LogP contribution in [0.25, 0.3) is 11.0 Å². The number of nitrogens with one attached hydrogen (secondary N) is 1. The van der Waals surface area contributed by atoms with Crippen molar-refractivity contribution in [3.8, 4) is 23.0 Å². The summed E-state index contributed by atoms with van der Waals surface area (Å²) in [6, 6.07) is 15.1. The molecule has 0 fully saturated rings. The quantitative estimate of drug-likeness (QED) is 0.441. The summed E-state index contributed by atoms with van der Waals surface area (Å²) in [6.45, 7) is 2.13. The molecule has 1 amide bonds. The third kappa shape index (κ3) is 4.86. The number of ether oxygens (including phenoxy) is 3. The molecule has 2 aromatic heterocycles. The van der Waals surface area contributed by atoms with E-state index in [1.807, 2.05) is 13.0 Å². The Labute approximate surface area is 183 Å². The number of nitrogens with zero attached hydrogens (tertiary/aromatic N) is 1. The smallest absolute Gasteiger partial charge is 0.262 e. The predicted octanol–water partition coefficient (Wildman–Crippen LogP) is 4.40. The van der Waals surface area contributed by atoms with Crippen molar-refractivity contribution < 1.29 is 23.4 Å². The van der Waals surface area contributed by atoms with Gasteiger partial charge in [0.25, 0.3) is 5.91 Å². The average molecular weight is 432 g/mol. The topological polar surface area (TPSA) is 99.9 Å². The van der Waals surface area contributed by atoms with E-state index in [0.717, 1.165) is 0 Å². The summed E-state index contributed by atoms with van der Waals surface area (Å²) in [4.78, 5) is 28.8. The van der Waals surface area contributed by atoms with Crippen LogP contribution in [0.3, 0.4) is 0 Å². The van der Waals surface area contributed by atoms with Crippen molar-refractivity contribution in [1.82, 2.24) is 4.98 Å². The summed E-state index contributed by atoms with van der Waals surface area (Å²) < 4.78 is 22.4. The van der Waals surface area contributed by atoms with Gasteiger partial charge < -0.3 is 23.9 Å². The van der Waals surface area contributed by atoms with Crippen LogP contribution in [0.2, 0.25) is 0 Å². The summed E-state index contributed by atoms with van der Waals surface area (Å²) in [7, 11) is 0. The average Bonchev–Trinajstić information content (AvgIpc) is 2.81. The Balaban J connectivity index is 1.47. The van der Waals surface area contributed by atoms with Gasteiger partial charge in [0.1, 0.15) is 17.6 Å². The zero-order valence-electron chi connectivity index (χ0n) is 17.2. The highest BCUT2D eigenvalue weighted by Gasteiger charge is 2.13. The number of benzene rings is 2. The molecule has 0 bridgehead atoms. The van der Waals surface area contributed by atoms with Gasteiger partial charge in [-0.3, -0.25) is 14.6 Å². The lowest BCUT2D eigenvalue weighted by Gasteiger charge is -2.11. The van der Waals surface area contributed by atoms with Crippen molar-refractivity contribution in [3.05, 3.63) is 83.5 Å². The van der Waals surface area contributed by atoms with Crippen molar-refractivity contribution in [2.75, 3.05) is 18.5 Å². The summed E-state index contributed by atoms with van der Waals surface area (Å²) in [5, 5.41) is 3.02. The summed E-state index contributed by atoms with van der Waals surface area (Å²) in [6.07, 6.45) is 4.40. The second-order valence-corrected chi connectivity index (χ2v) is 6.64. The third-order valence-corrected chi connectivity index (χ3v) is 4.42. The minimum Gasteiger partial charge on any atom is -0.490 e. The van der Waals surface area contributed by atoms with Crippen molar-refractivity contribution in [3.63, 3.8) is 0 Å². The number of rotatable bonds is 8. The van der Waals surface area contributed by atoms with Gasteiger partial charge in [-0.25, -0.2) is 0 Å². The van der Waals surface area contributed by atoms with Gasteiger partial charge in [-0.1, -0.05) is 12.1 Å². The van der Waals surface area contributed by atoms with E-state index in [-0.39, 0.29) is 23.7 Å². The van der Waals surface area contributed by atoms with Crippen molar-refractivity contribution in [2.24, 2.45) is 0 Å². The third-order valence-electron chi connectivity index (χ3n) is 4.42. The number of pyridine rings is 1. The molecule has 8 heteroatoms. The summed E-state index contributed by atoms with van der Waals surface area (Å²) in [5.41, 5.74) is 0.601. The van der Waals surface area contributed by atoms with Gasteiger partial charge in [0.2, 0.25) is 11.2 Å². The van der Waals surface area contributed by atoms with Gasteiger partial charge in [-0.15, -0.1) is 0 Å². The molecule has 0 aliphatic carbocycles. The minimum atomic E-state index is -0.334. The molecule has 8 nitrogen and oxygen atoms in total. The molecular formula is C24H20N2O6. The van der Waals surface area contributed by atoms with Crippen LogP contribution in [-0.2, 0) is 4.79 Å². The number of carbonyl (C=O) groups excluding carboxylic acids is 1. The van der Waals surface area contributed by atoms with E-state index in [4.69, 9.17) is 18.6 Å². The molecule has 4 rings (SSSR count). The number of anilines is 1. The van der Waals surface area contributed by atoms with E-state index < -0.39 is 0 Å². The second-order valence-electron chi connectivity index (χ2n) is 6.64. The molecule has 1 N–H and O–H groups in total. The summed E-state index contributed by atoms with van der Waals surface area (Å²) >= 11 is 0. The second kappa shape index (κ2) is 9.65. The van der Waals surface area contributed by atoms with Gasteiger partial charge in [0.15, 0.2) is 18.1 Å². The fraction of sp³-hybridized carbons (Fsp3) is 0.125. The molecule has 32 heavy (non-hydrogen) atoms. The lowest BCUT2D eigenvalue weighted by Crippen LogP contribution is -2.20. The number of fused-ring (bicyclic) bond motifs is 1. The molecule has 2 heterocycles. The summed E-state index contributed by atoms with van der Waals surface area (Å²) in [5.74, 6) is 1.05. The fourth-order valence-corrected chi connectivity index (χ4v) is 2.96. The molecule has 0 spiro atoms. The highest BCUT2D eigenvalue weighted by Crippen LogP contribution is 2.31. The van der Waals surface area contributed by atoms with Gasteiger partial charge in [-0.05, 0) is 43.3 Å². The number of amides is 1. The maximum absolute atomic E-state index is 12.8. The first-order chi connectivity index (χ1) is 15.6. The van der Waals surface area contributed by atoms with E-state index in [9.17, 15) is 9.59 Å². The van der Waals surface area contributed by atoms with Crippen LogP contribution >= 0.6 is 0 Å². The number of hydrogen-bond acceptors (Lipinski definition) is 7. The first kappa shape index (κ1) is 20.9. The molecular weight excluding hydrogens is 412 g/mol.